The van der Waals surface area contributed by atoms with Crippen molar-refractivity contribution in [1.29, 1.82) is 0 Å². The Labute approximate surface area is 146 Å². The Hall–Kier alpha value is -1.64. The normalized spacial score (nSPS) is 21.0. The van der Waals surface area contributed by atoms with E-state index in [1.165, 1.54) is 23.8 Å². The Kier molecular flexibility index (Phi) is 8.73. The van der Waals surface area contributed by atoms with Crippen LogP contribution in [-0.2, 0) is 14.3 Å². The third-order valence-electron chi connectivity index (χ3n) is 4.70. The predicted octanol–water partition coefficient (Wildman–Crippen LogP) is 5.17. The Bertz CT molecular complexity index is 533. The average Bonchev–Trinajstić information content (AvgIpc) is 2.53. The number of esters is 1. The van der Waals surface area contributed by atoms with Crippen molar-refractivity contribution in [2.75, 3.05) is 7.11 Å². The maximum Gasteiger partial charge on any atom is 0.309 e. The van der Waals surface area contributed by atoms with E-state index in [9.17, 15) is 9.59 Å². The summed E-state index contributed by atoms with van der Waals surface area (Å²) < 4.78 is 4.89. The van der Waals surface area contributed by atoms with E-state index in [0.717, 1.165) is 25.7 Å². The maximum atomic E-state index is 12.0. The minimum atomic E-state index is -0.310. The smallest absolute Gasteiger partial charge is 0.309 e. The molecule has 0 saturated carbocycles. The van der Waals surface area contributed by atoms with Crippen LogP contribution in [0.15, 0.2) is 34.9 Å². The number of ketones is 1. The van der Waals surface area contributed by atoms with Crippen LogP contribution in [0.3, 0.4) is 0 Å². The van der Waals surface area contributed by atoms with Crippen LogP contribution in [0.25, 0.3) is 0 Å². The van der Waals surface area contributed by atoms with Gasteiger partial charge in [-0.25, -0.2) is 0 Å². The van der Waals surface area contributed by atoms with Crippen molar-refractivity contribution in [3.8, 4) is 0 Å². The van der Waals surface area contributed by atoms with E-state index < -0.39 is 0 Å². The molecule has 3 nitrogen and oxygen atoms in total. The van der Waals surface area contributed by atoms with Crippen molar-refractivity contribution in [2.45, 2.75) is 66.2 Å². The van der Waals surface area contributed by atoms with Gasteiger partial charge in [0, 0.05) is 5.92 Å². The number of carbonyl (C=O) groups excluding carboxylic acids is 2. The fourth-order valence-corrected chi connectivity index (χ4v) is 3.21. The van der Waals surface area contributed by atoms with E-state index in [1.807, 2.05) is 0 Å². The van der Waals surface area contributed by atoms with Gasteiger partial charge in [-0.3, -0.25) is 9.59 Å². The molecular formula is C21H32O3. The number of carbonyl (C=O) groups is 2. The highest BCUT2D eigenvalue weighted by Gasteiger charge is 2.34. The van der Waals surface area contributed by atoms with E-state index in [2.05, 4.69) is 39.0 Å². The Morgan fingerprint density at radius 3 is 2.42 bits per heavy atom. The summed E-state index contributed by atoms with van der Waals surface area (Å²) in [4.78, 5) is 23.7. The highest BCUT2D eigenvalue weighted by atomic mass is 16.5. The van der Waals surface area contributed by atoms with Crippen LogP contribution >= 0.6 is 0 Å². The van der Waals surface area contributed by atoms with Crippen LogP contribution in [0.5, 0.6) is 0 Å². The average molecular weight is 332 g/mol. The van der Waals surface area contributed by atoms with Crippen molar-refractivity contribution in [3.05, 3.63) is 34.9 Å². The zero-order valence-electron chi connectivity index (χ0n) is 15.9. The summed E-state index contributed by atoms with van der Waals surface area (Å²) in [6.07, 6.45) is 12.2. The summed E-state index contributed by atoms with van der Waals surface area (Å²) in [7, 11) is 1.40. The summed E-state index contributed by atoms with van der Waals surface area (Å²) in [5.74, 6) is -0.706. The largest absolute Gasteiger partial charge is 0.469 e. The molecule has 0 aromatic heterocycles. The van der Waals surface area contributed by atoms with Crippen LogP contribution < -0.4 is 0 Å². The lowest BCUT2D eigenvalue weighted by Gasteiger charge is -2.27. The first-order chi connectivity index (χ1) is 11.3. The molecule has 0 aromatic carbocycles. The van der Waals surface area contributed by atoms with Gasteiger partial charge >= 0.3 is 5.97 Å². The molecule has 3 heteroatoms. The molecular weight excluding hydrogens is 300 g/mol. The highest BCUT2D eigenvalue weighted by molar-refractivity contribution is 5.85. The first-order valence-electron chi connectivity index (χ1n) is 8.90. The van der Waals surface area contributed by atoms with Gasteiger partial charge in [-0.05, 0) is 66.2 Å². The van der Waals surface area contributed by atoms with E-state index in [1.54, 1.807) is 6.92 Å². The minimum Gasteiger partial charge on any atom is -0.469 e. The van der Waals surface area contributed by atoms with Gasteiger partial charge < -0.3 is 4.74 Å². The number of rotatable bonds is 8. The molecule has 0 N–H and O–H groups in total. The summed E-state index contributed by atoms with van der Waals surface area (Å²) in [6, 6.07) is 0. The summed E-state index contributed by atoms with van der Waals surface area (Å²) >= 11 is 0. The number of methoxy groups -OCH3 is 1. The van der Waals surface area contributed by atoms with Gasteiger partial charge in [0.25, 0.3) is 0 Å². The van der Waals surface area contributed by atoms with E-state index in [4.69, 9.17) is 4.74 Å². The van der Waals surface area contributed by atoms with Crippen LogP contribution in [0.1, 0.15) is 66.2 Å². The summed E-state index contributed by atoms with van der Waals surface area (Å²) in [5.41, 5.74) is 4.05. The van der Waals surface area contributed by atoms with Crippen LogP contribution in [-0.4, -0.2) is 18.9 Å². The lowest BCUT2D eigenvalue weighted by molar-refractivity contribution is -0.150. The second kappa shape index (κ2) is 10.3. The molecule has 1 aliphatic rings. The molecule has 24 heavy (non-hydrogen) atoms. The molecule has 2 atom stereocenters. The Morgan fingerprint density at radius 2 is 1.83 bits per heavy atom. The van der Waals surface area contributed by atoms with Crippen molar-refractivity contribution < 1.29 is 14.3 Å². The molecule has 0 spiro atoms. The Morgan fingerprint density at radius 1 is 1.12 bits per heavy atom. The van der Waals surface area contributed by atoms with E-state index >= 15 is 0 Å². The van der Waals surface area contributed by atoms with Gasteiger partial charge in [-0.2, -0.15) is 0 Å². The molecule has 0 bridgehead atoms. The maximum absolute atomic E-state index is 12.0. The lowest BCUT2D eigenvalue weighted by atomic mass is 9.76. The predicted molar refractivity (Wildman–Crippen MR) is 98.7 cm³/mol. The van der Waals surface area contributed by atoms with Crippen LogP contribution in [0, 0.1) is 11.8 Å². The van der Waals surface area contributed by atoms with Gasteiger partial charge in [0.2, 0.25) is 0 Å². The van der Waals surface area contributed by atoms with Crippen molar-refractivity contribution in [1.82, 2.24) is 0 Å². The lowest BCUT2D eigenvalue weighted by Crippen LogP contribution is -2.32. The number of hydrogen-bond acceptors (Lipinski definition) is 3. The number of ether oxygens (including phenoxy) is 1. The van der Waals surface area contributed by atoms with Gasteiger partial charge in [0.1, 0.15) is 5.78 Å². The van der Waals surface area contributed by atoms with Crippen LogP contribution in [0.2, 0.25) is 0 Å². The third-order valence-corrected chi connectivity index (χ3v) is 4.70. The van der Waals surface area contributed by atoms with Crippen molar-refractivity contribution >= 4 is 11.8 Å². The Balaban J connectivity index is 2.55. The first-order valence-corrected chi connectivity index (χ1v) is 8.90. The van der Waals surface area contributed by atoms with E-state index in [0.29, 0.717) is 12.8 Å². The molecule has 0 amide bonds. The quantitative estimate of drug-likeness (QED) is 0.455. The second-order valence-corrected chi connectivity index (χ2v) is 7.06. The fraction of sp³-hybridized carbons (Fsp3) is 0.619. The molecule has 0 aromatic rings. The standard InChI is InChI=1S/C21H32O3/c1-15(2)8-6-9-16(3)10-7-11-18-12-13-19(17(4)22)20(14-18)21(23)24-5/h8,10,12,19-20H,6-7,9,11,13-14H2,1-5H3/b16-10+. The van der Waals surface area contributed by atoms with E-state index in [-0.39, 0.29) is 23.6 Å². The summed E-state index contributed by atoms with van der Waals surface area (Å²) in [6.45, 7) is 8.00. The van der Waals surface area contributed by atoms with Crippen LogP contribution in [0.4, 0.5) is 0 Å². The third kappa shape index (κ3) is 6.86. The molecule has 0 heterocycles. The van der Waals surface area contributed by atoms with Gasteiger partial charge in [0.15, 0.2) is 0 Å². The second-order valence-electron chi connectivity index (χ2n) is 7.06. The van der Waals surface area contributed by atoms with Gasteiger partial charge in [-0.15, -0.1) is 0 Å². The zero-order valence-corrected chi connectivity index (χ0v) is 15.9. The molecule has 0 aliphatic heterocycles. The summed E-state index contributed by atoms with van der Waals surface area (Å²) in [5, 5.41) is 0. The SMILES string of the molecule is COC(=O)C1CC(CC/C=C(\C)CCC=C(C)C)=CCC1C(C)=O. The molecule has 1 rings (SSSR count). The van der Waals surface area contributed by atoms with Crippen molar-refractivity contribution in [3.63, 3.8) is 0 Å². The number of hydrogen-bond donors (Lipinski definition) is 0. The molecule has 0 radical (unpaired) electrons. The first kappa shape index (κ1) is 20.4. The minimum absolute atomic E-state index is 0.0794. The molecule has 0 fully saturated rings. The number of allylic oxidation sites excluding steroid dienone is 6. The monoisotopic (exact) mass is 332 g/mol. The molecule has 134 valence electrons. The van der Waals surface area contributed by atoms with Crippen molar-refractivity contribution in [2.24, 2.45) is 11.8 Å². The molecule has 0 saturated heterocycles. The number of Topliss-reactive ketones (excluding diaryl/α,β-unsaturated/α-hetero) is 1. The van der Waals surface area contributed by atoms with Gasteiger partial charge in [0.05, 0.1) is 13.0 Å². The highest BCUT2D eigenvalue weighted by Crippen LogP contribution is 2.33. The zero-order chi connectivity index (χ0) is 18.1. The fourth-order valence-electron chi connectivity index (χ4n) is 3.21. The molecule has 1 aliphatic carbocycles. The molecule has 2 unspecified atom stereocenters. The topological polar surface area (TPSA) is 43.4 Å². The van der Waals surface area contributed by atoms with Gasteiger partial charge in [-0.1, -0.05) is 34.9 Å².